The van der Waals surface area contributed by atoms with Crippen LogP contribution in [0.2, 0.25) is 0 Å². The molecule has 1 N–H and O–H groups in total. The minimum absolute atomic E-state index is 0.315. The predicted octanol–water partition coefficient (Wildman–Crippen LogP) is 2.99. The molecule has 1 aliphatic heterocycles. The largest absolute Gasteiger partial charge is 0.497 e. The molecule has 1 heterocycles. The van der Waals surface area contributed by atoms with Gasteiger partial charge in [0.1, 0.15) is 11.9 Å². The number of methoxy groups -OCH3 is 1. The van der Waals surface area contributed by atoms with Gasteiger partial charge in [-0.05, 0) is 51.0 Å². The summed E-state index contributed by atoms with van der Waals surface area (Å²) in [6.07, 6.45) is 2.45. The zero-order chi connectivity index (χ0) is 21.3. The van der Waals surface area contributed by atoms with Crippen molar-refractivity contribution in [2.24, 2.45) is 0 Å². The number of benzene rings is 1. The molecule has 1 saturated heterocycles. The Labute approximate surface area is 172 Å². The molecule has 1 aliphatic rings. The number of aliphatic hydroxyl groups excluding tert-OH is 1. The molecule has 1 aromatic rings. The normalized spacial score (nSPS) is 22.0. The molecule has 1 fully saturated rings. The van der Waals surface area contributed by atoms with E-state index in [0.29, 0.717) is 32.7 Å². The summed E-state index contributed by atoms with van der Waals surface area (Å²) in [5.74, 6) is -0.400. The van der Waals surface area contributed by atoms with Gasteiger partial charge in [-0.2, -0.15) is 0 Å². The molecule has 0 aliphatic carbocycles. The Hall–Kier alpha value is -1.93. The van der Waals surface area contributed by atoms with E-state index in [1.165, 1.54) is 6.08 Å². The molecule has 29 heavy (non-hydrogen) atoms. The molecular weight excluding hydrogens is 376 g/mol. The van der Waals surface area contributed by atoms with Crippen LogP contribution >= 0.6 is 0 Å². The molecule has 1 aromatic carbocycles. The number of esters is 1. The SMILES string of the molecule is CCOC(=O)/C=C/[C@@H]1OC(C)(C)O[C@@H]1C[C@@H](O)CCOCc1ccc(OC)cc1. The summed E-state index contributed by atoms with van der Waals surface area (Å²) in [5, 5.41) is 10.4. The summed E-state index contributed by atoms with van der Waals surface area (Å²) in [7, 11) is 1.63. The van der Waals surface area contributed by atoms with Crippen LogP contribution in [0.4, 0.5) is 0 Å². The van der Waals surface area contributed by atoms with Crippen molar-refractivity contribution < 1.29 is 33.6 Å². The van der Waals surface area contributed by atoms with Crippen LogP contribution in [-0.2, 0) is 30.3 Å². The smallest absolute Gasteiger partial charge is 0.330 e. The van der Waals surface area contributed by atoms with Crippen molar-refractivity contribution in [1.82, 2.24) is 0 Å². The number of aliphatic hydroxyl groups is 1. The molecule has 0 radical (unpaired) electrons. The second kappa shape index (κ2) is 11.3. The van der Waals surface area contributed by atoms with Crippen LogP contribution in [0.3, 0.4) is 0 Å². The quantitative estimate of drug-likeness (QED) is 0.342. The second-order valence-corrected chi connectivity index (χ2v) is 7.33. The van der Waals surface area contributed by atoms with Gasteiger partial charge in [-0.15, -0.1) is 0 Å². The van der Waals surface area contributed by atoms with Crippen molar-refractivity contribution in [2.75, 3.05) is 20.3 Å². The molecule has 162 valence electrons. The topological polar surface area (TPSA) is 83.5 Å². The van der Waals surface area contributed by atoms with Crippen LogP contribution in [0, 0.1) is 0 Å². The van der Waals surface area contributed by atoms with Gasteiger partial charge in [0.2, 0.25) is 0 Å². The third-order valence-corrected chi connectivity index (χ3v) is 4.46. The second-order valence-electron chi connectivity index (χ2n) is 7.33. The molecule has 0 amide bonds. The molecule has 0 aromatic heterocycles. The van der Waals surface area contributed by atoms with E-state index in [1.54, 1.807) is 20.1 Å². The Bertz CT molecular complexity index is 654. The fourth-order valence-electron chi connectivity index (χ4n) is 3.09. The number of hydrogen-bond acceptors (Lipinski definition) is 7. The van der Waals surface area contributed by atoms with Crippen LogP contribution in [0.15, 0.2) is 36.4 Å². The van der Waals surface area contributed by atoms with Crippen molar-refractivity contribution in [1.29, 1.82) is 0 Å². The molecule has 0 saturated carbocycles. The van der Waals surface area contributed by atoms with Crippen molar-refractivity contribution in [3.05, 3.63) is 42.0 Å². The average molecular weight is 408 g/mol. The fourth-order valence-corrected chi connectivity index (χ4v) is 3.09. The molecule has 3 atom stereocenters. The van der Waals surface area contributed by atoms with Gasteiger partial charge in [-0.3, -0.25) is 0 Å². The first kappa shape index (κ1) is 23.3. The third-order valence-electron chi connectivity index (χ3n) is 4.46. The summed E-state index contributed by atoms with van der Waals surface area (Å²) in [5.41, 5.74) is 1.04. The highest BCUT2D eigenvalue weighted by Gasteiger charge is 2.40. The van der Waals surface area contributed by atoms with E-state index in [9.17, 15) is 9.90 Å². The minimum Gasteiger partial charge on any atom is -0.497 e. The molecule has 0 unspecified atom stereocenters. The van der Waals surface area contributed by atoms with Gasteiger partial charge >= 0.3 is 5.97 Å². The minimum atomic E-state index is -0.779. The highest BCUT2D eigenvalue weighted by Crippen LogP contribution is 2.31. The third kappa shape index (κ3) is 8.14. The number of carbonyl (C=O) groups is 1. The summed E-state index contributed by atoms with van der Waals surface area (Å²) in [6.45, 7) is 6.57. The molecule has 0 bridgehead atoms. The number of ether oxygens (including phenoxy) is 5. The standard InChI is InChI=1S/C22H32O7/c1-5-27-21(24)11-10-19-20(29-22(2,3)28-19)14-17(23)12-13-26-15-16-6-8-18(25-4)9-7-16/h6-11,17,19-20,23H,5,12-15H2,1-4H3/b11-10+/t17-,19-,20+/m0/s1. The van der Waals surface area contributed by atoms with Gasteiger partial charge in [-0.25, -0.2) is 4.79 Å². The summed E-state index contributed by atoms with van der Waals surface area (Å²) < 4.78 is 27.4. The van der Waals surface area contributed by atoms with Crippen LogP contribution in [0.1, 0.15) is 39.2 Å². The average Bonchev–Trinajstić information content (AvgIpc) is 2.97. The van der Waals surface area contributed by atoms with Crippen molar-refractivity contribution in [2.45, 2.75) is 64.3 Å². The fraction of sp³-hybridized carbons (Fsp3) is 0.591. The van der Waals surface area contributed by atoms with E-state index >= 15 is 0 Å². The summed E-state index contributed by atoms with van der Waals surface area (Å²) >= 11 is 0. The van der Waals surface area contributed by atoms with E-state index in [1.807, 2.05) is 38.1 Å². The predicted molar refractivity (Wildman–Crippen MR) is 107 cm³/mol. The molecule has 7 heteroatoms. The number of carbonyl (C=O) groups excluding carboxylic acids is 1. The number of rotatable bonds is 11. The highest BCUT2D eigenvalue weighted by molar-refractivity contribution is 5.81. The van der Waals surface area contributed by atoms with Crippen LogP contribution in [-0.4, -0.2) is 55.5 Å². The Morgan fingerprint density at radius 3 is 2.66 bits per heavy atom. The molecule has 0 spiro atoms. The van der Waals surface area contributed by atoms with Gasteiger partial charge < -0.3 is 28.8 Å². The van der Waals surface area contributed by atoms with Crippen molar-refractivity contribution >= 4 is 5.97 Å². The lowest BCUT2D eigenvalue weighted by atomic mass is 10.0. The van der Waals surface area contributed by atoms with Gasteiger partial charge in [0.25, 0.3) is 0 Å². The van der Waals surface area contributed by atoms with E-state index < -0.39 is 24.0 Å². The zero-order valence-electron chi connectivity index (χ0n) is 17.6. The summed E-state index contributed by atoms with van der Waals surface area (Å²) in [6, 6.07) is 7.66. The zero-order valence-corrected chi connectivity index (χ0v) is 17.6. The van der Waals surface area contributed by atoms with Gasteiger partial charge in [-0.1, -0.05) is 12.1 Å². The highest BCUT2D eigenvalue weighted by atomic mass is 16.7. The first-order valence-corrected chi connectivity index (χ1v) is 9.92. The van der Waals surface area contributed by atoms with Crippen molar-refractivity contribution in [3.63, 3.8) is 0 Å². The lowest BCUT2D eigenvalue weighted by molar-refractivity contribution is -0.146. The first-order chi connectivity index (χ1) is 13.8. The monoisotopic (exact) mass is 408 g/mol. The maximum Gasteiger partial charge on any atom is 0.330 e. The van der Waals surface area contributed by atoms with E-state index in [0.717, 1.165) is 11.3 Å². The van der Waals surface area contributed by atoms with E-state index in [4.69, 9.17) is 23.7 Å². The Kier molecular flexibility index (Phi) is 9.10. The maximum absolute atomic E-state index is 11.5. The van der Waals surface area contributed by atoms with E-state index in [-0.39, 0.29) is 6.10 Å². The lowest BCUT2D eigenvalue weighted by Gasteiger charge is -2.19. The Balaban J connectivity index is 1.76. The lowest BCUT2D eigenvalue weighted by Crippen LogP contribution is -2.27. The Morgan fingerprint density at radius 1 is 1.28 bits per heavy atom. The van der Waals surface area contributed by atoms with Gasteiger partial charge in [0, 0.05) is 19.1 Å². The molecule has 7 nitrogen and oxygen atoms in total. The van der Waals surface area contributed by atoms with Crippen LogP contribution in [0.5, 0.6) is 5.75 Å². The molecular formula is C22H32O7. The van der Waals surface area contributed by atoms with E-state index in [2.05, 4.69) is 0 Å². The summed E-state index contributed by atoms with van der Waals surface area (Å²) in [4.78, 5) is 11.5. The van der Waals surface area contributed by atoms with Gasteiger partial charge in [0.05, 0.1) is 32.5 Å². The van der Waals surface area contributed by atoms with Crippen molar-refractivity contribution in [3.8, 4) is 5.75 Å². The number of hydrogen-bond donors (Lipinski definition) is 1. The van der Waals surface area contributed by atoms with Crippen LogP contribution < -0.4 is 4.74 Å². The Morgan fingerprint density at radius 2 is 2.00 bits per heavy atom. The first-order valence-electron chi connectivity index (χ1n) is 9.92. The maximum atomic E-state index is 11.5. The molecule has 2 rings (SSSR count). The van der Waals surface area contributed by atoms with Crippen LogP contribution in [0.25, 0.3) is 0 Å². The van der Waals surface area contributed by atoms with Gasteiger partial charge in [0.15, 0.2) is 5.79 Å².